The Balaban J connectivity index is 1.90. The van der Waals surface area contributed by atoms with E-state index in [2.05, 4.69) is 31.4 Å². The Morgan fingerprint density at radius 1 is 1.29 bits per heavy atom. The Kier molecular flexibility index (Phi) is 7.16. The van der Waals surface area contributed by atoms with E-state index in [0.717, 1.165) is 30.0 Å². The second-order valence-electron chi connectivity index (χ2n) is 6.07. The van der Waals surface area contributed by atoms with E-state index in [4.69, 9.17) is 10.5 Å². The summed E-state index contributed by atoms with van der Waals surface area (Å²) < 4.78 is 5.44. The Morgan fingerprint density at radius 2 is 2.11 bits per heavy atom. The van der Waals surface area contributed by atoms with E-state index in [1.54, 1.807) is 24.0 Å². The third-order valence-electron chi connectivity index (χ3n) is 4.07. The second kappa shape index (κ2) is 10.0. The SMILES string of the molecule is C=C/C(=C\C=C/C)CSc1nc(-c2ccc(N)nc2)nc(N2CCOCC2)n1. The Labute approximate surface area is 169 Å². The highest BCUT2D eigenvalue weighted by atomic mass is 32.2. The number of nitrogen functional groups attached to an aromatic ring is 1. The number of nitrogens with zero attached hydrogens (tertiary/aromatic N) is 5. The van der Waals surface area contributed by atoms with Gasteiger partial charge in [-0.25, -0.2) is 9.97 Å². The molecule has 146 valence electrons. The largest absolute Gasteiger partial charge is 0.384 e. The quantitative estimate of drug-likeness (QED) is 0.564. The van der Waals surface area contributed by atoms with E-state index in [1.165, 1.54) is 0 Å². The molecule has 0 atom stereocenters. The first kappa shape index (κ1) is 20.0. The summed E-state index contributed by atoms with van der Waals surface area (Å²) in [4.78, 5) is 20.2. The topological polar surface area (TPSA) is 90.0 Å². The van der Waals surface area contributed by atoms with Crippen molar-refractivity contribution in [1.29, 1.82) is 0 Å². The predicted molar refractivity (Wildman–Crippen MR) is 114 cm³/mol. The maximum Gasteiger partial charge on any atom is 0.230 e. The highest BCUT2D eigenvalue weighted by Crippen LogP contribution is 2.24. The number of rotatable bonds is 7. The zero-order valence-corrected chi connectivity index (χ0v) is 16.7. The molecule has 2 N–H and O–H groups in total. The fourth-order valence-electron chi connectivity index (χ4n) is 2.52. The first-order valence-electron chi connectivity index (χ1n) is 9.07. The van der Waals surface area contributed by atoms with Crippen LogP contribution >= 0.6 is 11.8 Å². The summed E-state index contributed by atoms with van der Waals surface area (Å²) >= 11 is 1.56. The van der Waals surface area contributed by atoms with E-state index in [9.17, 15) is 0 Å². The molecule has 1 fully saturated rings. The van der Waals surface area contributed by atoms with Gasteiger partial charge in [0.25, 0.3) is 0 Å². The molecule has 8 heteroatoms. The van der Waals surface area contributed by atoms with Crippen LogP contribution in [0.3, 0.4) is 0 Å². The maximum absolute atomic E-state index is 5.71. The standard InChI is InChI=1S/C20H24N6OS/c1-3-5-6-15(4-2)14-28-20-24-18(16-7-8-17(21)22-13-16)23-19(25-20)26-9-11-27-12-10-26/h3-8,13H,2,9-12,14H2,1H3,(H2,21,22)/b5-3-,15-6+. The molecule has 0 radical (unpaired) electrons. The number of morpholine rings is 1. The molecule has 0 bridgehead atoms. The summed E-state index contributed by atoms with van der Waals surface area (Å²) in [5, 5.41) is 0.663. The van der Waals surface area contributed by atoms with Crippen molar-refractivity contribution in [3.05, 3.63) is 54.8 Å². The van der Waals surface area contributed by atoms with Gasteiger partial charge in [-0.1, -0.05) is 42.6 Å². The van der Waals surface area contributed by atoms with Crippen LogP contribution in [0.15, 0.2) is 59.9 Å². The van der Waals surface area contributed by atoms with Gasteiger partial charge in [-0.15, -0.1) is 0 Å². The monoisotopic (exact) mass is 396 g/mol. The van der Waals surface area contributed by atoms with Gasteiger partial charge in [0, 0.05) is 30.6 Å². The van der Waals surface area contributed by atoms with E-state index in [1.807, 2.05) is 37.3 Å². The van der Waals surface area contributed by atoms with Crippen molar-refractivity contribution >= 4 is 23.5 Å². The highest BCUT2D eigenvalue weighted by molar-refractivity contribution is 7.99. The number of thioether (sulfide) groups is 1. The van der Waals surface area contributed by atoms with Crippen molar-refractivity contribution in [2.45, 2.75) is 12.1 Å². The first-order valence-corrected chi connectivity index (χ1v) is 10.1. The number of nitrogens with two attached hydrogens (primary N) is 1. The molecule has 0 amide bonds. The van der Waals surface area contributed by atoms with E-state index in [0.29, 0.717) is 36.0 Å². The molecule has 7 nitrogen and oxygen atoms in total. The van der Waals surface area contributed by atoms with Crippen LogP contribution in [0.5, 0.6) is 0 Å². The number of pyridine rings is 1. The van der Waals surface area contributed by atoms with Gasteiger partial charge in [0.05, 0.1) is 13.2 Å². The normalized spacial score (nSPS) is 15.2. The molecule has 0 spiro atoms. The van der Waals surface area contributed by atoms with Gasteiger partial charge in [0.2, 0.25) is 5.95 Å². The molecule has 1 aliphatic heterocycles. The average Bonchev–Trinajstić information content (AvgIpc) is 2.75. The summed E-state index contributed by atoms with van der Waals surface area (Å²) in [6, 6.07) is 3.62. The third-order valence-corrected chi connectivity index (χ3v) is 4.99. The van der Waals surface area contributed by atoms with Crippen molar-refractivity contribution in [1.82, 2.24) is 19.9 Å². The van der Waals surface area contributed by atoms with Crippen LogP contribution in [-0.2, 0) is 4.74 Å². The summed E-state index contributed by atoms with van der Waals surface area (Å²) in [5.74, 6) is 2.43. The smallest absolute Gasteiger partial charge is 0.230 e. The van der Waals surface area contributed by atoms with Gasteiger partial charge < -0.3 is 15.4 Å². The molecule has 1 aliphatic rings. The highest BCUT2D eigenvalue weighted by Gasteiger charge is 2.17. The fraction of sp³-hybridized carbons (Fsp3) is 0.300. The number of anilines is 2. The van der Waals surface area contributed by atoms with Gasteiger partial charge in [-0.2, -0.15) is 9.97 Å². The second-order valence-corrected chi connectivity index (χ2v) is 7.02. The lowest BCUT2D eigenvalue weighted by molar-refractivity contribution is 0.122. The van der Waals surface area contributed by atoms with Gasteiger partial charge in [-0.05, 0) is 24.6 Å². The molecule has 3 rings (SSSR count). The molecular formula is C20H24N6OS. The molecular weight excluding hydrogens is 372 g/mol. The number of hydrogen-bond acceptors (Lipinski definition) is 8. The van der Waals surface area contributed by atoms with Crippen LogP contribution in [-0.4, -0.2) is 52.0 Å². The molecule has 2 aromatic rings. The van der Waals surface area contributed by atoms with Crippen LogP contribution in [0.25, 0.3) is 11.4 Å². The van der Waals surface area contributed by atoms with Crippen LogP contribution in [0.1, 0.15) is 6.92 Å². The lowest BCUT2D eigenvalue weighted by Gasteiger charge is -2.27. The molecule has 1 saturated heterocycles. The van der Waals surface area contributed by atoms with Crippen LogP contribution in [0.4, 0.5) is 11.8 Å². The number of allylic oxidation sites excluding steroid dienone is 4. The molecule has 0 aromatic carbocycles. The summed E-state index contributed by atoms with van der Waals surface area (Å²) in [5.41, 5.74) is 7.62. The van der Waals surface area contributed by atoms with Gasteiger partial charge >= 0.3 is 0 Å². The van der Waals surface area contributed by atoms with E-state index in [-0.39, 0.29) is 0 Å². The summed E-state index contributed by atoms with van der Waals surface area (Å²) in [6.07, 6.45) is 9.55. The zero-order valence-electron chi connectivity index (χ0n) is 15.9. The molecule has 0 aliphatic carbocycles. The maximum atomic E-state index is 5.71. The van der Waals surface area contributed by atoms with Crippen molar-refractivity contribution < 1.29 is 4.74 Å². The molecule has 2 aromatic heterocycles. The molecule has 0 saturated carbocycles. The summed E-state index contributed by atoms with van der Waals surface area (Å²) in [6.45, 7) is 8.71. The van der Waals surface area contributed by atoms with Gasteiger partial charge in [-0.3, -0.25) is 0 Å². The Morgan fingerprint density at radius 3 is 2.79 bits per heavy atom. The van der Waals surface area contributed by atoms with E-state index < -0.39 is 0 Å². The Hall–Kier alpha value is -2.71. The van der Waals surface area contributed by atoms with Crippen LogP contribution in [0, 0.1) is 0 Å². The third kappa shape index (κ3) is 5.40. The van der Waals surface area contributed by atoms with Gasteiger partial charge in [0.15, 0.2) is 11.0 Å². The van der Waals surface area contributed by atoms with Crippen molar-refractivity contribution in [2.24, 2.45) is 0 Å². The number of aromatic nitrogens is 4. The molecule has 28 heavy (non-hydrogen) atoms. The number of hydrogen-bond donors (Lipinski definition) is 1. The minimum absolute atomic E-state index is 0.463. The Bertz CT molecular complexity index is 859. The first-order chi connectivity index (χ1) is 13.7. The zero-order chi connectivity index (χ0) is 19.8. The summed E-state index contributed by atoms with van der Waals surface area (Å²) in [7, 11) is 0. The van der Waals surface area contributed by atoms with Crippen LogP contribution < -0.4 is 10.6 Å². The minimum Gasteiger partial charge on any atom is -0.384 e. The minimum atomic E-state index is 0.463. The lowest BCUT2D eigenvalue weighted by atomic mass is 10.2. The lowest BCUT2D eigenvalue weighted by Crippen LogP contribution is -2.37. The van der Waals surface area contributed by atoms with E-state index >= 15 is 0 Å². The van der Waals surface area contributed by atoms with Gasteiger partial charge in [0.1, 0.15) is 5.82 Å². The van der Waals surface area contributed by atoms with Crippen molar-refractivity contribution in [3.63, 3.8) is 0 Å². The fourth-order valence-corrected chi connectivity index (χ4v) is 3.33. The van der Waals surface area contributed by atoms with Crippen molar-refractivity contribution in [2.75, 3.05) is 42.7 Å². The van der Waals surface area contributed by atoms with Crippen molar-refractivity contribution in [3.8, 4) is 11.4 Å². The average molecular weight is 397 g/mol. The predicted octanol–water partition coefficient (Wildman–Crippen LogP) is 3.13. The molecule has 3 heterocycles. The molecule has 0 unspecified atom stereocenters. The van der Waals surface area contributed by atoms with Crippen LogP contribution in [0.2, 0.25) is 0 Å². The number of ether oxygens (including phenoxy) is 1.